The third-order valence-electron chi connectivity index (χ3n) is 14.6. The summed E-state index contributed by atoms with van der Waals surface area (Å²) < 4.78 is 30.6. The Morgan fingerprint density at radius 1 is 0.453 bits per heavy atom. The largest absolute Gasteiger partial charge is 0.472 e. The number of hydrogen-bond acceptors (Lipinski definition) is 6. The van der Waals surface area contributed by atoms with E-state index in [0.717, 1.165) is 83.5 Å². The van der Waals surface area contributed by atoms with Gasteiger partial charge in [0, 0.05) is 12.8 Å². The highest BCUT2D eigenvalue weighted by Crippen LogP contribution is 2.43. The fraction of sp³-hybridized carbons (Fsp3) is 0.877. The van der Waals surface area contributed by atoms with Crippen molar-refractivity contribution in [3.05, 3.63) is 36.5 Å². The molecule has 3 unspecified atom stereocenters. The van der Waals surface area contributed by atoms with Crippen molar-refractivity contribution in [1.29, 1.82) is 0 Å². The highest BCUT2D eigenvalue weighted by atomic mass is 31.2. The van der Waals surface area contributed by atoms with Crippen LogP contribution in [0.15, 0.2) is 36.5 Å². The van der Waals surface area contributed by atoms with Crippen LogP contribution in [-0.4, -0.2) is 74.3 Å². The molecule has 3 atom stereocenters. The third kappa shape index (κ3) is 56.8. The highest BCUT2D eigenvalue weighted by Gasteiger charge is 2.30. The minimum absolute atomic E-state index is 0.0411. The van der Waals surface area contributed by atoms with Gasteiger partial charge in [0.05, 0.1) is 33.8 Å². The number of nitrogens with zero attached hydrogens (tertiary/aromatic N) is 1. The molecule has 0 saturated carbocycles. The molecule has 0 heterocycles. The van der Waals surface area contributed by atoms with Gasteiger partial charge in [-0.05, 0) is 76.7 Å². The van der Waals surface area contributed by atoms with Gasteiger partial charge < -0.3 is 19.4 Å². The number of amides is 1. The standard InChI is InChI=1S/C65H125N2O7P/c1-7-10-13-16-19-22-25-26-27-28-29-30-31-32-33-34-35-36-37-38-39-40-43-45-48-51-54-57-64(68)66-62(61-73-75(70,71)72-60-59-67(4,5)6)63(56-53-50-47-44-41-23-20-17-14-11-8-2)74-65(69)58-55-52-49-46-42-24-21-18-15-12-9-3/h18,21,26-27,53,56,62-63H,7-17,19-20,22-25,28-52,54-55,57-61H2,1-6H3,(H-,66,68,70,71)/p+1/b21-18-,27-26+,56-53-. The van der Waals surface area contributed by atoms with Gasteiger partial charge in [-0.2, -0.15) is 0 Å². The number of carbonyl (C=O) groups is 2. The van der Waals surface area contributed by atoms with Crippen molar-refractivity contribution in [3.63, 3.8) is 0 Å². The normalized spacial score (nSPS) is 13.9. The van der Waals surface area contributed by atoms with Crippen LogP contribution >= 0.6 is 7.82 Å². The van der Waals surface area contributed by atoms with Gasteiger partial charge in [0.2, 0.25) is 5.91 Å². The second-order valence-corrected chi connectivity index (χ2v) is 24.7. The summed E-state index contributed by atoms with van der Waals surface area (Å²) in [6, 6.07) is -0.847. The summed E-state index contributed by atoms with van der Waals surface area (Å²) >= 11 is 0. The number of unbranched alkanes of at least 4 members (excludes halogenated alkanes) is 39. The van der Waals surface area contributed by atoms with E-state index in [2.05, 4.69) is 50.4 Å². The number of phosphoric ester groups is 1. The summed E-state index contributed by atoms with van der Waals surface area (Å²) in [6.07, 6.45) is 67.4. The number of allylic oxidation sites excluding steroid dienone is 5. The SMILES string of the molecule is CCCC/C=C\CCCCCCCC(=O)OC(/C=C\CCCCCCCCCCC)C(COP(=O)(O)OCC[N+](C)(C)C)NC(=O)CCCCCCCCCCCCCCCCCCC/C=C/CCCCCCCC. The first-order valence-corrected chi connectivity index (χ1v) is 33.8. The summed E-state index contributed by atoms with van der Waals surface area (Å²) in [4.78, 5) is 37.6. The predicted molar refractivity (Wildman–Crippen MR) is 323 cm³/mol. The second kappa shape index (κ2) is 55.5. The monoisotopic (exact) mass is 1080 g/mol. The number of ether oxygens (including phenoxy) is 1. The molecule has 0 rings (SSSR count). The predicted octanol–water partition coefficient (Wildman–Crippen LogP) is 19.9. The van der Waals surface area contributed by atoms with E-state index < -0.39 is 20.0 Å². The molecule has 0 fully saturated rings. The van der Waals surface area contributed by atoms with Gasteiger partial charge in [-0.1, -0.05) is 263 Å². The average molecular weight is 1080 g/mol. The minimum Gasteiger partial charge on any atom is -0.456 e. The van der Waals surface area contributed by atoms with Crippen LogP contribution in [0.25, 0.3) is 0 Å². The van der Waals surface area contributed by atoms with Crippen molar-refractivity contribution in [1.82, 2.24) is 5.32 Å². The van der Waals surface area contributed by atoms with Crippen molar-refractivity contribution in [2.24, 2.45) is 0 Å². The molecule has 2 N–H and O–H groups in total. The van der Waals surface area contributed by atoms with Crippen molar-refractivity contribution in [2.45, 2.75) is 328 Å². The molecule has 0 aromatic rings. The Kier molecular flexibility index (Phi) is 54.2. The number of quaternary nitrogens is 1. The van der Waals surface area contributed by atoms with E-state index in [-0.39, 0.29) is 31.5 Å². The molecule has 75 heavy (non-hydrogen) atoms. The Bertz CT molecular complexity index is 1380. The maximum absolute atomic E-state index is 13.5. The van der Waals surface area contributed by atoms with Crippen molar-refractivity contribution < 1.29 is 37.3 Å². The zero-order valence-electron chi connectivity index (χ0n) is 50.6. The van der Waals surface area contributed by atoms with Crippen molar-refractivity contribution in [2.75, 3.05) is 40.9 Å². The fourth-order valence-electron chi connectivity index (χ4n) is 9.51. The van der Waals surface area contributed by atoms with E-state index in [9.17, 15) is 19.0 Å². The van der Waals surface area contributed by atoms with Gasteiger partial charge in [-0.3, -0.25) is 18.6 Å². The Morgan fingerprint density at radius 2 is 0.787 bits per heavy atom. The first-order chi connectivity index (χ1) is 36.4. The van der Waals surface area contributed by atoms with Crippen LogP contribution in [0.3, 0.4) is 0 Å². The number of hydrogen-bond donors (Lipinski definition) is 2. The molecule has 0 saturated heterocycles. The first-order valence-electron chi connectivity index (χ1n) is 32.3. The molecule has 1 amide bonds. The van der Waals surface area contributed by atoms with E-state index in [1.807, 2.05) is 33.3 Å². The average Bonchev–Trinajstić information content (AvgIpc) is 3.37. The van der Waals surface area contributed by atoms with E-state index in [1.54, 1.807) is 0 Å². The minimum atomic E-state index is -4.44. The van der Waals surface area contributed by atoms with Crippen LogP contribution in [0.4, 0.5) is 0 Å². The van der Waals surface area contributed by atoms with E-state index >= 15 is 0 Å². The molecule has 0 radical (unpaired) electrons. The summed E-state index contributed by atoms with van der Waals surface area (Å²) in [5.74, 6) is -0.505. The molecule has 0 aromatic carbocycles. The van der Waals surface area contributed by atoms with E-state index in [0.29, 0.717) is 17.4 Å². The van der Waals surface area contributed by atoms with Crippen LogP contribution < -0.4 is 5.32 Å². The number of carbonyl (C=O) groups excluding carboxylic acids is 2. The van der Waals surface area contributed by atoms with Gasteiger partial charge >= 0.3 is 13.8 Å². The lowest BCUT2D eigenvalue weighted by molar-refractivity contribution is -0.870. The summed E-state index contributed by atoms with van der Waals surface area (Å²) in [5.41, 5.74) is 0. The third-order valence-corrected chi connectivity index (χ3v) is 15.5. The summed E-state index contributed by atoms with van der Waals surface area (Å²) in [6.45, 7) is 6.99. The number of phosphoric acid groups is 1. The lowest BCUT2D eigenvalue weighted by Crippen LogP contribution is -2.47. The molecule has 442 valence electrons. The number of rotatable bonds is 59. The number of esters is 1. The Labute approximate surface area is 466 Å². The number of likely N-dealkylation sites (N-methyl/N-ethyl adjacent to an activating group) is 1. The van der Waals surface area contributed by atoms with E-state index in [1.165, 1.54) is 199 Å². The summed E-state index contributed by atoms with van der Waals surface area (Å²) in [7, 11) is 1.50. The second-order valence-electron chi connectivity index (χ2n) is 23.3. The molecule has 0 aliphatic carbocycles. The van der Waals surface area contributed by atoms with Crippen LogP contribution in [0.2, 0.25) is 0 Å². The molecule has 0 spiro atoms. The smallest absolute Gasteiger partial charge is 0.456 e. The lowest BCUT2D eigenvalue weighted by atomic mass is 10.0. The first kappa shape index (κ1) is 73.2. The Hall–Kier alpha value is -1.77. The van der Waals surface area contributed by atoms with Gasteiger partial charge in [-0.15, -0.1) is 0 Å². The molecular formula is C65H126N2O7P+. The number of nitrogens with one attached hydrogen (secondary N) is 1. The fourth-order valence-corrected chi connectivity index (χ4v) is 10.2. The maximum atomic E-state index is 13.5. The molecule has 0 aromatic heterocycles. The van der Waals surface area contributed by atoms with Gasteiger partial charge in [0.25, 0.3) is 0 Å². The molecule has 10 heteroatoms. The van der Waals surface area contributed by atoms with Gasteiger partial charge in [0.1, 0.15) is 19.3 Å². The van der Waals surface area contributed by atoms with Gasteiger partial charge in [-0.25, -0.2) is 4.57 Å². The zero-order valence-corrected chi connectivity index (χ0v) is 51.5. The zero-order chi connectivity index (χ0) is 55.0. The van der Waals surface area contributed by atoms with Crippen LogP contribution in [0, 0.1) is 0 Å². The molecule has 0 bridgehead atoms. The van der Waals surface area contributed by atoms with Crippen LogP contribution in [0.1, 0.15) is 316 Å². The molecule has 0 aliphatic heterocycles. The quantitative estimate of drug-likeness (QED) is 0.0205. The maximum Gasteiger partial charge on any atom is 0.472 e. The molecule has 9 nitrogen and oxygen atoms in total. The Morgan fingerprint density at radius 3 is 1.17 bits per heavy atom. The van der Waals surface area contributed by atoms with Crippen molar-refractivity contribution in [3.8, 4) is 0 Å². The molecular weight excluding hydrogens is 952 g/mol. The molecule has 0 aliphatic rings. The van der Waals surface area contributed by atoms with Crippen LogP contribution in [-0.2, 0) is 27.9 Å². The topological polar surface area (TPSA) is 111 Å². The highest BCUT2D eigenvalue weighted by molar-refractivity contribution is 7.47. The van der Waals surface area contributed by atoms with Crippen LogP contribution in [0.5, 0.6) is 0 Å². The lowest BCUT2D eigenvalue weighted by Gasteiger charge is -2.27. The Balaban J connectivity index is 4.92. The van der Waals surface area contributed by atoms with Crippen molar-refractivity contribution >= 4 is 19.7 Å². The summed E-state index contributed by atoms with van der Waals surface area (Å²) in [5, 5.41) is 3.06. The van der Waals surface area contributed by atoms with E-state index in [4.69, 9.17) is 13.8 Å². The van der Waals surface area contributed by atoms with Gasteiger partial charge in [0.15, 0.2) is 0 Å².